The maximum Gasteiger partial charge on any atom is 5.00 e. The monoisotopic (exact) mass is 1310 g/mol. The largest absolute Gasteiger partial charge is 5.00 e. The Bertz CT molecular complexity index is 25.3. The minimum Gasteiger partial charge on any atom is -3.00 e. The molecule has 0 aliphatic heterocycles. The first-order valence-corrected chi connectivity index (χ1v) is 0. The summed E-state index contributed by atoms with van der Waals surface area (Å²) in [6.07, 6.45) is 0. The summed E-state index contributed by atoms with van der Waals surface area (Å²) in [5, 5.41) is 0. The second-order valence-electron chi connectivity index (χ2n) is 0. The zero-order chi connectivity index (χ0) is 0. The van der Waals surface area contributed by atoms with Crippen LogP contribution in [0.3, 0.4) is 0 Å². The summed E-state index contributed by atoms with van der Waals surface area (Å²) in [6.45, 7) is 0. The first-order chi connectivity index (χ1) is 0. The molecule has 0 unspecified atom stereocenters. The molecule has 0 rings (SSSR count). The Morgan fingerprint density at radius 3 is 0.188 bits per heavy atom. The molecule has 0 radical (unpaired) electrons. The van der Waals surface area contributed by atoms with Gasteiger partial charge in [0, 0.05) is 0 Å². The molecule has 16 heavy (non-hydrogen) atoms. The van der Waals surface area contributed by atoms with Crippen LogP contribution < -0.4 is 0 Å². The molecule has 0 spiro atoms. The quantitative estimate of drug-likeness (QED) is 0.272. The van der Waals surface area contributed by atoms with Gasteiger partial charge in [0.1, 0.15) is 0 Å². The molecule has 0 saturated heterocycles. The third kappa shape index (κ3) is 188. The van der Waals surface area contributed by atoms with Crippen LogP contribution in [0.5, 0.6) is 0 Å². The Labute approximate surface area is 211 Å². The zero-order valence-corrected chi connectivity index (χ0v) is 30.9. The van der Waals surface area contributed by atoms with Crippen LogP contribution in [0.15, 0.2) is 0 Å². The Balaban J connectivity index is 0. The van der Waals surface area contributed by atoms with Crippen molar-refractivity contribution in [3.8, 4) is 0 Å². The number of nitrogens with zero attached hydrogens (tertiary/aromatic N) is 5. The van der Waals surface area contributed by atoms with Gasteiger partial charge in [0.15, 0.2) is 0 Å². The molecule has 0 aliphatic carbocycles. The Hall–Kier alpha value is 6.39. The number of rotatable bonds is 0. The van der Waals surface area contributed by atoms with Crippen molar-refractivity contribution < 1.29 is 134 Å². The van der Waals surface area contributed by atoms with Gasteiger partial charge in [0.2, 0.25) is 0 Å². The van der Waals surface area contributed by atoms with Crippen LogP contribution in [-0.2, 0) is 134 Å². The summed E-state index contributed by atoms with van der Waals surface area (Å²) in [4.78, 5) is 0. The van der Waals surface area contributed by atoms with E-state index in [0.717, 1.165) is 0 Å². The maximum atomic E-state index is 0. The molecule has 0 saturated carbocycles. The molecule has 0 fully saturated rings. The molecular formula is N5P5Ta6. The fourth-order valence-corrected chi connectivity index (χ4v) is 0. The van der Waals surface area contributed by atoms with E-state index in [0.29, 0.717) is 0 Å². The number of hydrogen-bond acceptors (Lipinski definition) is 0. The van der Waals surface area contributed by atoms with Gasteiger partial charge in [-0.3, -0.25) is 0 Å². The van der Waals surface area contributed by atoms with Crippen LogP contribution in [0.2, 0.25) is 0 Å². The van der Waals surface area contributed by atoms with Gasteiger partial charge in [-0.25, -0.2) is 0 Å². The molecule has 16 heteroatoms. The number of hydrogen-bond donors (Lipinski definition) is 0. The van der Waals surface area contributed by atoms with E-state index in [2.05, 4.69) is 0 Å². The topological polar surface area (TPSA) is 152 Å². The normalized spacial score (nSPS) is 0. The Morgan fingerprint density at radius 1 is 0.188 bits per heavy atom. The summed E-state index contributed by atoms with van der Waals surface area (Å²) < 4.78 is 0. The first-order valence-electron chi connectivity index (χ1n) is 0. The molecule has 0 amide bonds. The molecule has 0 atom stereocenters. The fraction of sp³-hybridized carbons (Fsp3) is 0. The van der Waals surface area contributed by atoms with Crippen molar-refractivity contribution in [1.82, 2.24) is 0 Å². The van der Waals surface area contributed by atoms with Crippen molar-refractivity contribution in [2.45, 2.75) is 0 Å². The SMILES string of the molecule is [N-3].[N-3].[N-3].[N-3].[N-3].[P-3].[P-3].[P-3].[P-3].[P-3].[Ta+5].[Ta+5].[Ta+5].[Ta+5].[Ta+5].[Ta+5]. The van der Waals surface area contributed by atoms with Crippen LogP contribution in [0.1, 0.15) is 0 Å². The van der Waals surface area contributed by atoms with Crippen LogP contribution >= 0.6 is 49.5 Å². The van der Waals surface area contributed by atoms with Crippen molar-refractivity contribution in [3.05, 3.63) is 30.8 Å². The van der Waals surface area contributed by atoms with E-state index in [4.69, 9.17) is 0 Å². The zero-order valence-electron chi connectivity index (χ0n) is 7.16. The second-order valence-corrected chi connectivity index (χ2v) is 0. The molecule has 0 aliphatic rings. The van der Waals surface area contributed by atoms with E-state index in [1.165, 1.54) is 0 Å². The molecule has 0 N–H and O–H groups in total. The van der Waals surface area contributed by atoms with Crippen LogP contribution in [0.25, 0.3) is 30.8 Å². The van der Waals surface area contributed by atoms with Gasteiger partial charge in [0.25, 0.3) is 0 Å². The summed E-state index contributed by atoms with van der Waals surface area (Å²) in [6, 6.07) is 0. The minimum atomic E-state index is 0. The predicted octanol–water partition coefficient (Wildman–Crippen LogP) is 5.73. The Morgan fingerprint density at radius 2 is 0.188 bits per heavy atom. The van der Waals surface area contributed by atoms with Crippen LogP contribution in [0.4, 0.5) is 0 Å². The summed E-state index contributed by atoms with van der Waals surface area (Å²) in [5.74, 6) is 0. The first kappa shape index (κ1) is 251. The molecule has 0 aromatic heterocycles. The van der Waals surface area contributed by atoms with Crippen molar-refractivity contribution in [2.24, 2.45) is 0 Å². The third-order valence-corrected chi connectivity index (χ3v) is 0. The fourth-order valence-electron chi connectivity index (χ4n) is 0. The van der Waals surface area contributed by atoms with Gasteiger partial charge in [0.05, 0.1) is 0 Å². The summed E-state index contributed by atoms with van der Waals surface area (Å²) in [7, 11) is 0. The van der Waals surface area contributed by atoms with Gasteiger partial charge in [-0.2, -0.15) is 0 Å². The summed E-state index contributed by atoms with van der Waals surface area (Å²) >= 11 is 0. The van der Waals surface area contributed by atoms with Crippen molar-refractivity contribution >= 4 is 49.5 Å². The van der Waals surface area contributed by atoms with Gasteiger partial charge < -0.3 is 80.2 Å². The molecule has 5 nitrogen and oxygen atoms in total. The molecule has 80 valence electrons. The van der Waals surface area contributed by atoms with E-state index >= 15 is 0 Å². The predicted molar refractivity (Wildman–Crippen MR) is 51.4 cm³/mol. The van der Waals surface area contributed by atoms with Crippen LogP contribution in [0, 0.1) is 0 Å². The van der Waals surface area contributed by atoms with Gasteiger partial charge in [-0.05, 0) is 0 Å². The van der Waals surface area contributed by atoms with Crippen molar-refractivity contribution in [1.29, 1.82) is 0 Å². The average Bonchev–Trinajstić information content (AvgIpc) is 0. The van der Waals surface area contributed by atoms with Gasteiger partial charge in [-0.15, -0.1) is 0 Å². The average molecular weight is 1310 g/mol. The van der Waals surface area contributed by atoms with E-state index in [1.54, 1.807) is 0 Å². The maximum absolute atomic E-state index is 0. The second kappa shape index (κ2) is 218. The van der Waals surface area contributed by atoms with E-state index in [9.17, 15) is 0 Å². The smallest absolute Gasteiger partial charge is 3.00 e. The van der Waals surface area contributed by atoms with E-state index in [1.807, 2.05) is 0 Å². The molecular weight excluding hydrogens is 1310 g/mol. The van der Waals surface area contributed by atoms with Gasteiger partial charge >= 0.3 is 134 Å². The Kier molecular flexibility index (Phi) is 3410. The van der Waals surface area contributed by atoms with Gasteiger partial charge in [-0.1, -0.05) is 0 Å². The molecule has 0 aromatic carbocycles. The van der Waals surface area contributed by atoms with E-state index < -0.39 is 0 Å². The summed E-state index contributed by atoms with van der Waals surface area (Å²) in [5.41, 5.74) is 0. The van der Waals surface area contributed by atoms with Crippen LogP contribution in [-0.4, -0.2) is 0 Å². The standard InChI is InChI=1S/5N.5P.6Ta/q10*-3;6*+5. The van der Waals surface area contributed by atoms with Crippen molar-refractivity contribution in [3.63, 3.8) is 0 Å². The molecule has 0 heterocycles. The molecule has 0 bridgehead atoms. The van der Waals surface area contributed by atoms with Crippen molar-refractivity contribution in [2.75, 3.05) is 0 Å². The minimum absolute atomic E-state index is 0. The third-order valence-electron chi connectivity index (χ3n) is 0. The van der Waals surface area contributed by atoms with E-state index in [-0.39, 0.29) is 215 Å². The molecule has 0 aromatic rings.